The number of piperidine rings is 1. The highest BCUT2D eigenvalue weighted by Crippen LogP contribution is 2.44. The van der Waals surface area contributed by atoms with Crippen molar-refractivity contribution in [2.45, 2.75) is 50.8 Å². The molecular formula is C32H36FN2O4. The van der Waals surface area contributed by atoms with Gasteiger partial charge in [-0.05, 0) is 74.2 Å². The van der Waals surface area contributed by atoms with Gasteiger partial charge in [-0.3, -0.25) is 14.6 Å². The minimum Gasteiger partial charge on any atom is -0.508 e. The zero-order chi connectivity index (χ0) is 27.9. The van der Waals surface area contributed by atoms with E-state index in [4.69, 9.17) is 0 Å². The Hall–Kier alpha value is -3.26. The Morgan fingerprint density at radius 2 is 1.85 bits per heavy atom. The summed E-state index contributed by atoms with van der Waals surface area (Å²) < 4.78 is 14.7. The molecule has 3 N–H and O–H groups in total. The predicted molar refractivity (Wildman–Crippen MR) is 147 cm³/mol. The first kappa shape index (κ1) is 27.3. The van der Waals surface area contributed by atoms with Crippen LogP contribution in [0.25, 0.3) is 0 Å². The summed E-state index contributed by atoms with van der Waals surface area (Å²) in [6.07, 6.45) is 0.562. The summed E-state index contributed by atoms with van der Waals surface area (Å²) in [7, 11) is 0. The molecule has 3 aromatic rings. The molecule has 0 saturated carbocycles. The highest BCUT2D eigenvalue weighted by Gasteiger charge is 2.48. The summed E-state index contributed by atoms with van der Waals surface area (Å²) in [6.45, 7) is 7.57. The maximum atomic E-state index is 14.7. The summed E-state index contributed by atoms with van der Waals surface area (Å²) in [6, 6.07) is 19.5. The monoisotopic (exact) mass is 531 g/mol. The van der Waals surface area contributed by atoms with Crippen molar-refractivity contribution in [2.24, 2.45) is 5.92 Å². The number of carbonyl (C=O) groups is 1. The SMILES string of the molecule is Cc1c(F)cccc1[C@@H]1[C@H](N2CC(C(=O)c3cccc(O)c3)CC(c3cc[c]cc3O)C2)CN1CC(C)(C)O. The molecule has 0 bridgehead atoms. The smallest absolute Gasteiger partial charge is 0.167 e. The number of rotatable bonds is 7. The summed E-state index contributed by atoms with van der Waals surface area (Å²) in [5.74, 6) is -0.565. The third kappa shape index (κ3) is 5.71. The average molecular weight is 532 g/mol. The van der Waals surface area contributed by atoms with E-state index in [1.54, 1.807) is 57.2 Å². The first-order valence-corrected chi connectivity index (χ1v) is 13.5. The fraction of sp³-hybridized carbons (Fsp3) is 0.406. The standard InChI is InChI=1S/C32H36FN2O4/c1-20-25(11-7-12-27(20)33)30-28(18-35(30)19-32(2,3)39)34-16-22(26-10-4-5-13-29(26)37)14-23(17-34)31(38)21-8-6-9-24(36)15-21/h4,6-13,15,22-23,28,30,36-37,39H,14,16-19H2,1-3H3/t22?,23?,28-,30-/m1/s1. The number of nitrogens with zero attached hydrogens (tertiary/aromatic N) is 2. The number of aromatic hydroxyl groups is 2. The minimum atomic E-state index is -0.922. The van der Waals surface area contributed by atoms with Gasteiger partial charge in [-0.25, -0.2) is 4.39 Å². The van der Waals surface area contributed by atoms with Crippen molar-refractivity contribution >= 4 is 5.78 Å². The van der Waals surface area contributed by atoms with Gasteiger partial charge < -0.3 is 15.3 Å². The Bertz CT molecular complexity index is 1350. The van der Waals surface area contributed by atoms with Gasteiger partial charge in [-0.15, -0.1) is 0 Å². The third-order valence-corrected chi connectivity index (χ3v) is 8.16. The van der Waals surface area contributed by atoms with Gasteiger partial charge in [-0.1, -0.05) is 36.4 Å². The highest BCUT2D eigenvalue weighted by atomic mass is 19.1. The number of ketones is 1. The zero-order valence-electron chi connectivity index (χ0n) is 22.6. The van der Waals surface area contributed by atoms with Crippen molar-refractivity contribution in [1.29, 1.82) is 0 Å². The van der Waals surface area contributed by atoms with Gasteiger partial charge in [0.1, 0.15) is 17.3 Å². The largest absolute Gasteiger partial charge is 0.508 e. The van der Waals surface area contributed by atoms with Crippen LogP contribution in [0.3, 0.4) is 0 Å². The molecule has 2 aliphatic heterocycles. The number of benzene rings is 3. The van der Waals surface area contributed by atoms with E-state index in [-0.39, 0.29) is 47.0 Å². The Morgan fingerprint density at radius 1 is 1.08 bits per heavy atom. The second-order valence-electron chi connectivity index (χ2n) is 11.7. The van der Waals surface area contributed by atoms with E-state index >= 15 is 0 Å². The quantitative estimate of drug-likeness (QED) is 0.379. The minimum absolute atomic E-state index is 0.00690. The number of likely N-dealkylation sites (tertiary alicyclic amines) is 2. The second kappa shape index (κ2) is 10.7. The Balaban J connectivity index is 1.50. The molecule has 0 aromatic heterocycles. The van der Waals surface area contributed by atoms with Gasteiger partial charge in [0.05, 0.1) is 11.6 Å². The number of hydrogen-bond donors (Lipinski definition) is 3. The number of aliphatic hydroxyl groups is 1. The van der Waals surface area contributed by atoms with E-state index < -0.39 is 5.60 Å². The van der Waals surface area contributed by atoms with Gasteiger partial charge in [0.15, 0.2) is 5.78 Å². The molecule has 2 aliphatic rings. The molecule has 4 atom stereocenters. The van der Waals surface area contributed by atoms with Crippen LogP contribution in [0.15, 0.2) is 60.7 Å². The van der Waals surface area contributed by atoms with Crippen molar-refractivity contribution in [3.8, 4) is 11.5 Å². The Morgan fingerprint density at radius 3 is 2.56 bits per heavy atom. The fourth-order valence-corrected chi connectivity index (χ4v) is 6.38. The van der Waals surface area contributed by atoms with Crippen LogP contribution >= 0.6 is 0 Å². The Labute approximate surface area is 229 Å². The number of halogens is 1. The molecule has 0 amide bonds. The van der Waals surface area contributed by atoms with Gasteiger partial charge in [-0.2, -0.15) is 0 Å². The molecule has 0 spiro atoms. The topological polar surface area (TPSA) is 84.2 Å². The summed E-state index contributed by atoms with van der Waals surface area (Å²) in [5.41, 5.74) is 1.78. The van der Waals surface area contributed by atoms with Gasteiger partial charge in [0.2, 0.25) is 0 Å². The molecule has 205 valence electrons. The molecular weight excluding hydrogens is 495 g/mol. The molecule has 7 heteroatoms. The number of β-amino-alcohol motifs (C(OH)–C–C–N with tert-alkyl or cyclic N) is 1. The first-order valence-electron chi connectivity index (χ1n) is 13.5. The average Bonchev–Trinajstić information content (AvgIpc) is 2.88. The molecule has 1 radical (unpaired) electrons. The number of phenolic OH excluding ortho intramolecular Hbond substituents is 2. The third-order valence-electron chi connectivity index (χ3n) is 8.16. The lowest BCUT2D eigenvalue weighted by Crippen LogP contribution is -2.65. The van der Waals surface area contributed by atoms with E-state index in [0.717, 1.165) is 11.1 Å². The van der Waals surface area contributed by atoms with Gasteiger partial charge in [0, 0.05) is 49.6 Å². The van der Waals surface area contributed by atoms with Crippen molar-refractivity contribution in [1.82, 2.24) is 9.80 Å². The Kier molecular flexibility index (Phi) is 7.51. The predicted octanol–water partition coefficient (Wildman–Crippen LogP) is 4.83. The lowest BCUT2D eigenvalue weighted by molar-refractivity contribution is -0.0830. The van der Waals surface area contributed by atoms with Crippen molar-refractivity contribution in [2.75, 3.05) is 26.2 Å². The van der Waals surface area contributed by atoms with E-state index in [9.17, 15) is 24.5 Å². The van der Waals surface area contributed by atoms with Crippen LogP contribution in [0.4, 0.5) is 4.39 Å². The molecule has 39 heavy (non-hydrogen) atoms. The van der Waals surface area contributed by atoms with E-state index in [1.807, 2.05) is 12.1 Å². The number of carbonyl (C=O) groups excluding carboxylic acids is 1. The fourth-order valence-electron chi connectivity index (χ4n) is 6.38. The van der Waals surface area contributed by atoms with E-state index in [0.29, 0.717) is 43.7 Å². The maximum Gasteiger partial charge on any atom is 0.167 e. The second-order valence-corrected chi connectivity index (χ2v) is 11.7. The molecule has 3 aromatic carbocycles. The van der Waals surface area contributed by atoms with Crippen molar-refractivity contribution in [3.63, 3.8) is 0 Å². The lowest BCUT2D eigenvalue weighted by Gasteiger charge is -2.56. The van der Waals surface area contributed by atoms with Crippen LogP contribution < -0.4 is 0 Å². The molecule has 2 heterocycles. The van der Waals surface area contributed by atoms with Crippen LogP contribution in [-0.2, 0) is 0 Å². The first-order chi connectivity index (χ1) is 18.5. The molecule has 2 saturated heterocycles. The molecule has 0 aliphatic carbocycles. The molecule has 5 rings (SSSR count). The van der Waals surface area contributed by atoms with E-state index in [2.05, 4.69) is 15.9 Å². The zero-order valence-corrected chi connectivity index (χ0v) is 22.6. The lowest BCUT2D eigenvalue weighted by atomic mass is 9.77. The summed E-state index contributed by atoms with van der Waals surface area (Å²) in [5, 5.41) is 31.2. The van der Waals surface area contributed by atoms with Crippen LogP contribution in [0.5, 0.6) is 11.5 Å². The van der Waals surface area contributed by atoms with Crippen LogP contribution in [0.2, 0.25) is 0 Å². The van der Waals surface area contributed by atoms with Crippen LogP contribution in [0.1, 0.15) is 59.3 Å². The molecule has 2 fully saturated rings. The van der Waals surface area contributed by atoms with Crippen LogP contribution in [0, 0.1) is 24.7 Å². The van der Waals surface area contributed by atoms with Crippen molar-refractivity contribution < 1.29 is 24.5 Å². The van der Waals surface area contributed by atoms with Gasteiger partial charge >= 0.3 is 0 Å². The molecule has 6 nitrogen and oxygen atoms in total. The highest BCUT2D eigenvalue weighted by molar-refractivity contribution is 5.98. The number of Topliss-reactive ketones (excluding diaryl/α,β-unsaturated/α-hetero) is 1. The van der Waals surface area contributed by atoms with E-state index in [1.165, 1.54) is 12.1 Å². The number of phenols is 2. The number of hydrogen-bond acceptors (Lipinski definition) is 6. The summed E-state index contributed by atoms with van der Waals surface area (Å²) in [4.78, 5) is 18.2. The molecule has 2 unspecified atom stereocenters. The van der Waals surface area contributed by atoms with Crippen molar-refractivity contribution in [3.05, 3.63) is 94.8 Å². The normalized spacial score (nSPS) is 24.3. The summed E-state index contributed by atoms with van der Waals surface area (Å²) >= 11 is 0. The van der Waals surface area contributed by atoms with Crippen LogP contribution in [-0.4, -0.2) is 68.7 Å². The van der Waals surface area contributed by atoms with Gasteiger partial charge in [0.25, 0.3) is 0 Å². The maximum absolute atomic E-state index is 14.7.